The molecule has 1 atom stereocenters. The van der Waals surface area contributed by atoms with Crippen LogP contribution in [0.25, 0.3) is 0 Å². The van der Waals surface area contributed by atoms with E-state index in [4.69, 9.17) is 5.11 Å². The van der Waals surface area contributed by atoms with Gasteiger partial charge < -0.3 is 15.3 Å². The molecular formula is C16H28N2O3. The lowest BCUT2D eigenvalue weighted by atomic mass is 9.97. The second-order valence-corrected chi connectivity index (χ2v) is 6.55. The van der Waals surface area contributed by atoms with Crippen LogP contribution in [-0.2, 0) is 4.79 Å². The van der Waals surface area contributed by atoms with E-state index in [1.165, 1.54) is 12.8 Å². The molecule has 2 aliphatic rings. The number of hydrogen-bond donors (Lipinski definition) is 2. The van der Waals surface area contributed by atoms with Crippen molar-refractivity contribution >= 4 is 12.0 Å². The van der Waals surface area contributed by atoms with Gasteiger partial charge in [0.05, 0.1) is 0 Å². The molecule has 120 valence electrons. The monoisotopic (exact) mass is 296 g/mol. The minimum atomic E-state index is -0.734. The molecule has 5 heteroatoms. The maximum Gasteiger partial charge on any atom is 0.317 e. The standard InChI is InChI=1S/C16H28N2O3/c1-2-12(5-8-15(19)20)9-10-17-16(21)18(14-6-7-14)11-13-3-4-13/h12-14H,2-11H2,1H3,(H,17,21)(H,19,20). The van der Waals surface area contributed by atoms with Crippen molar-refractivity contribution < 1.29 is 14.7 Å². The minimum Gasteiger partial charge on any atom is -0.481 e. The van der Waals surface area contributed by atoms with Crippen molar-refractivity contribution in [3.63, 3.8) is 0 Å². The van der Waals surface area contributed by atoms with Crippen molar-refractivity contribution in [2.24, 2.45) is 11.8 Å². The SMILES string of the molecule is CCC(CCNC(=O)N(CC1CC1)C1CC1)CCC(=O)O. The van der Waals surface area contributed by atoms with Gasteiger partial charge in [-0.15, -0.1) is 0 Å². The lowest BCUT2D eigenvalue weighted by Gasteiger charge is -2.23. The van der Waals surface area contributed by atoms with Crippen molar-refractivity contribution in [1.82, 2.24) is 10.2 Å². The number of carboxylic acids is 1. The summed E-state index contributed by atoms with van der Waals surface area (Å²) in [6, 6.07) is 0.553. The van der Waals surface area contributed by atoms with Crippen molar-refractivity contribution in [1.29, 1.82) is 0 Å². The molecule has 2 saturated carbocycles. The number of nitrogens with zero attached hydrogens (tertiary/aromatic N) is 1. The number of amides is 2. The molecule has 0 spiro atoms. The Morgan fingerprint density at radius 3 is 2.48 bits per heavy atom. The Morgan fingerprint density at radius 2 is 1.95 bits per heavy atom. The van der Waals surface area contributed by atoms with Gasteiger partial charge in [0.25, 0.3) is 0 Å². The summed E-state index contributed by atoms with van der Waals surface area (Å²) in [4.78, 5) is 24.9. The maximum atomic E-state index is 12.2. The van der Waals surface area contributed by atoms with Gasteiger partial charge >= 0.3 is 12.0 Å². The first-order valence-corrected chi connectivity index (χ1v) is 8.36. The Kier molecular flexibility index (Phi) is 5.88. The van der Waals surface area contributed by atoms with Gasteiger partial charge in [0, 0.05) is 25.6 Å². The molecule has 2 fully saturated rings. The van der Waals surface area contributed by atoms with Gasteiger partial charge in [0.15, 0.2) is 0 Å². The molecule has 0 saturated heterocycles. The van der Waals surface area contributed by atoms with Gasteiger partial charge in [0.2, 0.25) is 0 Å². The van der Waals surface area contributed by atoms with Crippen molar-refractivity contribution in [3.8, 4) is 0 Å². The third-order valence-corrected chi connectivity index (χ3v) is 4.57. The average Bonchev–Trinajstić information content (AvgIpc) is 3.32. The first-order valence-electron chi connectivity index (χ1n) is 8.36. The Bertz CT molecular complexity index is 365. The van der Waals surface area contributed by atoms with Crippen molar-refractivity contribution in [2.45, 2.75) is 64.3 Å². The van der Waals surface area contributed by atoms with E-state index in [2.05, 4.69) is 12.2 Å². The minimum absolute atomic E-state index is 0.0810. The third-order valence-electron chi connectivity index (χ3n) is 4.57. The van der Waals surface area contributed by atoms with Crippen LogP contribution in [-0.4, -0.2) is 41.1 Å². The molecule has 2 rings (SSSR count). The van der Waals surface area contributed by atoms with Crippen LogP contribution in [0.1, 0.15) is 58.3 Å². The summed E-state index contributed by atoms with van der Waals surface area (Å²) in [7, 11) is 0. The molecular weight excluding hydrogens is 268 g/mol. The Balaban J connectivity index is 1.65. The molecule has 21 heavy (non-hydrogen) atoms. The molecule has 2 amide bonds. The number of carbonyl (C=O) groups is 2. The molecule has 0 bridgehead atoms. The van der Waals surface area contributed by atoms with Crippen molar-refractivity contribution in [2.75, 3.05) is 13.1 Å². The van der Waals surface area contributed by atoms with E-state index in [0.717, 1.165) is 38.1 Å². The number of nitrogens with one attached hydrogen (secondary N) is 1. The van der Waals surface area contributed by atoms with E-state index < -0.39 is 5.97 Å². The van der Waals surface area contributed by atoms with Gasteiger partial charge in [-0.25, -0.2) is 4.79 Å². The highest BCUT2D eigenvalue weighted by Crippen LogP contribution is 2.34. The zero-order valence-corrected chi connectivity index (χ0v) is 13.0. The van der Waals surface area contributed by atoms with Gasteiger partial charge in [-0.2, -0.15) is 0 Å². The second-order valence-electron chi connectivity index (χ2n) is 6.55. The van der Waals surface area contributed by atoms with Crippen LogP contribution >= 0.6 is 0 Å². The quantitative estimate of drug-likeness (QED) is 0.651. The number of carboxylic acid groups (broad SMARTS) is 1. The van der Waals surface area contributed by atoms with E-state index in [1.54, 1.807) is 0 Å². The van der Waals surface area contributed by atoms with E-state index in [9.17, 15) is 9.59 Å². The summed E-state index contributed by atoms with van der Waals surface area (Å²) in [5, 5.41) is 11.8. The lowest BCUT2D eigenvalue weighted by Crippen LogP contribution is -2.43. The number of rotatable bonds is 10. The first kappa shape index (κ1) is 16.1. The first-order chi connectivity index (χ1) is 10.1. The smallest absolute Gasteiger partial charge is 0.317 e. The van der Waals surface area contributed by atoms with Gasteiger partial charge in [-0.3, -0.25) is 4.79 Å². The molecule has 0 aromatic heterocycles. The highest BCUT2D eigenvalue weighted by molar-refractivity contribution is 5.75. The van der Waals surface area contributed by atoms with Gasteiger partial charge in [-0.05, 0) is 50.4 Å². The fourth-order valence-electron chi connectivity index (χ4n) is 2.73. The van der Waals surface area contributed by atoms with Crippen molar-refractivity contribution in [3.05, 3.63) is 0 Å². The van der Waals surface area contributed by atoms with E-state index in [-0.39, 0.29) is 12.5 Å². The second kappa shape index (κ2) is 7.66. The summed E-state index contributed by atoms with van der Waals surface area (Å²) < 4.78 is 0. The molecule has 0 aromatic carbocycles. The number of carbonyl (C=O) groups excluding carboxylic acids is 1. The molecule has 0 radical (unpaired) electrons. The van der Waals surface area contributed by atoms with E-state index in [0.29, 0.717) is 24.9 Å². The number of urea groups is 1. The van der Waals surface area contributed by atoms with Crippen LogP contribution in [0.4, 0.5) is 4.79 Å². The zero-order valence-electron chi connectivity index (χ0n) is 13.0. The lowest BCUT2D eigenvalue weighted by molar-refractivity contribution is -0.137. The summed E-state index contributed by atoms with van der Waals surface area (Å²) >= 11 is 0. The molecule has 5 nitrogen and oxygen atoms in total. The maximum absolute atomic E-state index is 12.2. The molecule has 1 unspecified atom stereocenters. The normalized spacial score (nSPS) is 19.1. The van der Waals surface area contributed by atoms with Gasteiger partial charge in [0.1, 0.15) is 0 Å². The van der Waals surface area contributed by atoms with E-state index in [1.807, 2.05) is 4.90 Å². The van der Waals surface area contributed by atoms with Crippen LogP contribution in [0.2, 0.25) is 0 Å². The fourth-order valence-corrected chi connectivity index (χ4v) is 2.73. The molecule has 0 aromatic rings. The highest BCUT2D eigenvalue weighted by atomic mass is 16.4. The number of hydrogen-bond acceptors (Lipinski definition) is 2. The van der Waals surface area contributed by atoms with Crippen LogP contribution in [0.5, 0.6) is 0 Å². The largest absolute Gasteiger partial charge is 0.481 e. The Hall–Kier alpha value is -1.26. The third kappa shape index (κ3) is 5.94. The predicted octanol–water partition coefficient (Wildman–Crippen LogP) is 2.85. The summed E-state index contributed by atoms with van der Waals surface area (Å²) in [6.07, 6.45) is 7.60. The predicted molar refractivity (Wildman–Crippen MR) is 81.1 cm³/mol. The average molecular weight is 296 g/mol. The van der Waals surface area contributed by atoms with Crippen LogP contribution in [0.3, 0.4) is 0 Å². The molecule has 0 heterocycles. The summed E-state index contributed by atoms with van der Waals surface area (Å²) in [5.74, 6) is 0.386. The Morgan fingerprint density at radius 1 is 1.24 bits per heavy atom. The highest BCUT2D eigenvalue weighted by Gasteiger charge is 2.36. The fraction of sp³-hybridized carbons (Fsp3) is 0.875. The Labute approximate surface area is 127 Å². The zero-order chi connectivity index (χ0) is 15.2. The molecule has 2 N–H and O–H groups in total. The summed E-state index contributed by atoms with van der Waals surface area (Å²) in [5.41, 5.74) is 0. The molecule has 0 aliphatic heterocycles. The van der Waals surface area contributed by atoms with Crippen LogP contribution in [0.15, 0.2) is 0 Å². The topological polar surface area (TPSA) is 69.6 Å². The van der Waals surface area contributed by atoms with E-state index >= 15 is 0 Å². The number of aliphatic carboxylic acids is 1. The summed E-state index contributed by atoms with van der Waals surface area (Å²) in [6.45, 7) is 3.66. The van der Waals surface area contributed by atoms with Crippen LogP contribution in [0, 0.1) is 11.8 Å². The molecule has 2 aliphatic carbocycles. The van der Waals surface area contributed by atoms with Crippen LogP contribution < -0.4 is 5.32 Å². The van der Waals surface area contributed by atoms with Gasteiger partial charge in [-0.1, -0.05) is 13.3 Å².